The molecule has 0 spiro atoms. The van der Waals surface area contributed by atoms with Gasteiger partial charge >= 0.3 is 6.18 Å². The Kier molecular flexibility index (Phi) is 6.63. The van der Waals surface area contributed by atoms with E-state index in [9.17, 15) is 22.4 Å². The van der Waals surface area contributed by atoms with Gasteiger partial charge < -0.3 is 10.6 Å². The minimum absolute atomic E-state index is 0.0186. The second-order valence-electron chi connectivity index (χ2n) is 7.99. The molecule has 0 radical (unpaired) electrons. The summed E-state index contributed by atoms with van der Waals surface area (Å²) in [6.45, 7) is 4.51. The van der Waals surface area contributed by atoms with Crippen molar-refractivity contribution in [3.05, 3.63) is 53.0 Å². The average Bonchev–Trinajstić information content (AvgIpc) is 3.18. The van der Waals surface area contributed by atoms with Gasteiger partial charge in [0.1, 0.15) is 11.6 Å². The number of aromatic nitrogens is 1. The molecule has 30 heavy (non-hydrogen) atoms. The number of hydrogen-bond donors (Lipinski definition) is 2. The third kappa shape index (κ3) is 5.29. The Hall–Kier alpha value is -2.64. The minimum atomic E-state index is -4.75. The fourth-order valence-corrected chi connectivity index (χ4v) is 3.72. The van der Waals surface area contributed by atoms with E-state index in [1.54, 1.807) is 6.07 Å². The van der Waals surface area contributed by atoms with Gasteiger partial charge in [0.05, 0.1) is 11.1 Å². The van der Waals surface area contributed by atoms with E-state index in [2.05, 4.69) is 15.6 Å². The van der Waals surface area contributed by atoms with Crippen molar-refractivity contribution in [3.63, 3.8) is 0 Å². The van der Waals surface area contributed by atoms with Crippen molar-refractivity contribution in [1.82, 2.24) is 10.3 Å². The van der Waals surface area contributed by atoms with E-state index in [4.69, 9.17) is 0 Å². The molecule has 1 saturated carbocycles. The highest BCUT2D eigenvalue weighted by Gasteiger charge is 2.34. The van der Waals surface area contributed by atoms with Crippen LogP contribution in [0.25, 0.3) is 0 Å². The Balaban J connectivity index is 1.76. The van der Waals surface area contributed by atoms with Crippen molar-refractivity contribution in [2.45, 2.75) is 51.6 Å². The number of halogens is 4. The van der Waals surface area contributed by atoms with E-state index in [0.717, 1.165) is 30.5 Å². The maximum atomic E-state index is 13.8. The highest BCUT2D eigenvalue weighted by atomic mass is 19.4. The summed E-state index contributed by atoms with van der Waals surface area (Å²) >= 11 is 0. The Bertz CT molecular complexity index is 906. The number of nitrogens with one attached hydrogen (secondary N) is 2. The topological polar surface area (TPSA) is 54.0 Å². The standard InChI is InChI=1S/C22H25F4N3O/c1-13(2)16-10-20(29-15-7-8-18(19(23)9-15)22(24,25)26)27-12-17(16)21(30)28-11-14-5-3-4-6-14/h7-10,12-14H,3-6,11H2,1-2H3,(H,27,29)(H,28,30). The number of alkyl halides is 3. The second kappa shape index (κ2) is 9.02. The van der Waals surface area contributed by atoms with Gasteiger partial charge in [-0.1, -0.05) is 26.7 Å². The Labute approximate surface area is 173 Å². The number of nitrogens with zero attached hydrogens (tertiary/aromatic N) is 1. The second-order valence-corrected chi connectivity index (χ2v) is 7.99. The molecule has 0 unspecified atom stereocenters. The molecular formula is C22H25F4N3O. The lowest BCUT2D eigenvalue weighted by Gasteiger charge is -2.16. The van der Waals surface area contributed by atoms with Gasteiger partial charge in [-0.2, -0.15) is 13.2 Å². The number of rotatable bonds is 6. The van der Waals surface area contributed by atoms with Gasteiger partial charge in [-0.15, -0.1) is 0 Å². The predicted molar refractivity (Wildman–Crippen MR) is 107 cm³/mol. The van der Waals surface area contributed by atoms with Crippen LogP contribution in [0.4, 0.5) is 29.1 Å². The SMILES string of the molecule is CC(C)c1cc(Nc2ccc(C(F)(F)F)c(F)c2)ncc1C(=O)NCC1CCCC1. The van der Waals surface area contributed by atoms with Crippen molar-refractivity contribution in [1.29, 1.82) is 0 Å². The maximum absolute atomic E-state index is 13.8. The molecule has 0 atom stereocenters. The van der Waals surface area contributed by atoms with Crippen LogP contribution in [0.5, 0.6) is 0 Å². The van der Waals surface area contributed by atoms with Crippen LogP contribution >= 0.6 is 0 Å². The number of amides is 1. The first-order chi connectivity index (χ1) is 14.1. The van der Waals surface area contributed by atoms with Crippen LogP contribution < -0.4 is 10.6 Å². The molecule has 1 aliphatic carbocycles. The van der Waals surface area contributed by atoms with Crippen molar-refractivity contribution >= 4 is 17.4 Å². The summed E-state index contributed by atoms with van der Waals surface area (Å²) in [5.41, 5.74) is 0.0373. The number of carbonyl (C=O) groups is 1. The summed E-state index contributed by atoms with van der Waals surface area (Å²) in [5.74, 6) is -0.694. The van der Waals surface area contributed by atoms with Crippen LogP contribution in [0.1, 0.15) is 66.9 Å². The van der Waals surface area contributed by atoms with Crippen LogP contribution in [0.2, 0.25) is 0 Å². The van der Waals surface area contributed by atoms with Gasteiger partial charge in [0.2, 0.25) is 0 Å². The number of hydrogen-bond acceptors (Lipinski definition) is 3. The molecule has 1 heterocycles. The van der Waals surface area contributed by atoms with E-state index < -0.39 is 17.6 Å². The van der Waals surface area contributed by atoms with Crippen LogP contribution in [0.15, 0.2) is 30.5 Å². The zero-order valence-corrected chi connectivity index (χ0v) is 16.9. The lowest BCUT2D eigenvalue weighted by molar-refractivity contribution is -0.139. The van der Waals surface area contributed by atoms with Gasteiger partial charge in [0.25, 0.3) is 5.91 Å². The molecule has 1 aromatic carbocycles. The Morgan fingerprint density at radius 2 is 1.90 bits per heavy atom. The first-order valence-corrected chi connectivity index (χ1v) is 10.1. The zero-order chi connectivity index (χ0) is 21.9. The van der Waals surface area contributed by atoms with Gasteiger partial charge in [-0.3, -0.25) is 4.79 Å². The third-order valence-electron chi connectivity index (χ3n) is 5.38. The van der Waals surface area contributed by atoms with Crippen LogP contribution in [0.3, 0.4) is 0 Å². The summed E-state index contributed by atoms with van der Waals surface area (Å²) in [6.07, 6.45) is 1.35. The summed E-state index contributed by atoms with van der Waals surface area (Å²) in [4.78, 5) is 16.8. The van der Waals surface area contributed by atoms with Gasteiger partial charge in [-0.25, -0.2) is 9.37 Å². The minimum Gasteiger partial charge on any atom is -0.352 e. The smallest absolute Gasteiger partial charge is 0.352 e. The molecule has 3 rings (SSSR count). The van der Waals surface area contributed by atoms with E-state index in [-0.39, 0.29) is 17.5 Å². The Morgan fingerprint density at radius 3 is 2.50 bits per heavy atom. The Morgan fingerprint density at radius 1 is 1.20 bits per heavy atom. The zero-order valence-electron chi connectivity index (χ0n) is 16.9. The molecular weight excluding hydrogens is 398 g/mol. The number of pyridine rings is 1. The summed E-state index contributed by atoms with van der Waals surface area (Å²) in [7, 11) is 0. The first-order valence-electron chi connectivity index (χ1n) is 10.1. The lowest BCUT2D eigenvalue weighted by atomic mass is 9.98. The summed E-state index contributed by atoms with van der Waals surface area (Å²) in [5, 5.41) is 5.79. The predicted octanol–water partition coefficient (Wildman–Crippen LogP) is 6.03. The molecule has 4 nitrogen and oxygen atoms in total. The van der Waals surface area contributed by atoms with E-state index in [0.29, 0.717) is 29.9 Å². The number of carbonyl (C=O) groups excluding carboxylic acids is 1. The lowest BCUT2D eigenvalue weighted by Crippen LogP contribution is -2.29. The van der Waals surface area contributed by atoms with Crippen molar-refractivity contribution in [2.75, 3.05) is 11.9 Å². The van der Waals surface area contributed by atoms with Gasteiger partial charge in [0.15, 0.2) is 0 Å². The fourth-order valence-electron chi connectivity index (χ4n) is 3.72. The van der Waals surface area contributed by atoms with E-state index in [1.807, 2.05) is 13.8 Å². The monoisotopic (exact) mass is 423 g/mol. The molecule has 0 aliphatic heterocycles. The molecule has 1 aliphatic rings. The number of benzene rings is 1. The van der Waals surface area contributed by atoms with Gasteiger partial charge in [0, 0.05) is 18.4 Å². The van der Waals surface area contributed by atoms with E-state index >= 15 is 0 Å². The third-order valence-corrected chi connectivity index (χ3v) is 5.38. The largest absolute Gasteiger partial charge is 0.419 e. The molecule has 1 aromatic heterocycles. The maximum Gasteiger partial charge on any atom is 0.419 e. The molecule has 0 saturated heterocycles. The summed E-state index contributed by atoms with van der Waals surface area (Å²) < 4.78 is 52.0. The van der Waals surface area contributed by atoms with Crippen molar-refractivity contribution in [2.24, 2.45) is 5.92 Å². The highest BCUT2D eigenvalue weighted by Crippen LogP contribution is 2.33. The van der Waals surface area contributed by atoms with Gasteiger partial charge in [-0.05, 0) is 54.5 Å². The highest BCUT2D eigenvalue weighted by molar-refractivity contribution is 5.95. The molecule has 1 amide bonds. The van der Waals surface area contributed by atoms with Crippen molar-refractivity contribution in [3.8, 4) is 0 Å². The molecule has 2 aromatic rings. The molecule has 2 N–H and O–H groups in total. The molecule has 0 bridgehead atoms. The van der Waals surface area contributed by atoms with Crippen molar-refractivity contribution < 1.29 is 22.4 Å². The van der Waals surface area contributed by atoms with Crippen LogP contribution in [-0.4, -0.2) is 17.4 Å². The van der Waals surface area contributed by atoms with E-state index in [1.165, 1.54) is 19.0 Å². The fraction of sp³-hybridized carbons (Fsp3) is 0.455. The summed E-state index contributed by atoms with van der Waals surface area (Å²) in [6, 6.07) is 4.28. The number of anilines is 2. The van der Waals surface area contributed by atoms with Crippen LogP contribution in [0, 0.1) is 11.7 Å². The quantitative estimate of drug-likeness (QED) is 0.558. The van der Waals surface area contributed by atoms with Crippen LogP contribution in [-0.2, 0) is 6.18 Å². The molecule has 8 heteroatoms. The molecule has 1 fully saturated rings. The first kappa shape index (κ1) is 22.1. The normalized spacial score (nSPS) is 14.9. The molecule has 162 valence electrons. The average molecular weight is 423 g/mol.